The van der Waals surface area contributed by atoms with Crippen LogP contribution in [0.15, 0.2) is 0 Å². The van der Waals surface area contributed by atoms with Crippen LogP contribution in [0.1, 0.15) is 0 Å². The normalized spacial score (nSPS) is 34.2. The molecule has 1 aliphatic heterocycles. The molecule has 1 saturated heterocycles. The zero-order valence-corrected chi connectivity index (χ0v) is 13.5. The van der Waals surface area contributed by atoms with E-state index in [1.165, 1.54) is 4.67 Å². The summed E-state index contributed by atoms with van der Waals surface area (Å²) in [6.07, 6.45) is -7.25. The Kier molecular flexibility index (Phi) is 8.82. The second-order valence-electron chi connectivity index (χ2n) is 4.37. The average Bonchev–Trinajstić information content (AvgIpc) is 2.47. The van der Waals surface area contributed by atoms with Crippen molar-refractivity contribution in [2.75, 3.05) is 31.5 Å². The second kappa shape index (κ2) is 9.52. The molecular formula is C10H19Cl2NO7P+. The van der Waals surface area contributed by atoms with E-state index in [-0.39, 0.29) is 24.8 Å². The molecule has 124 valence electrons. The van der Waals surface area contributed by atoms with Crippen LogP contribution in [0, 0.1) is 0 Å². The van der Waals surface area contributed by atoms with Crippen LogP contribution in [0.25, 0.3) is 0 Å². The summed E-state index contributed by atoms with van der Waals surface area (Å²) in [6.45, 7) is -0.0868. The molecule has 8 nitrogen and oxygen atoms in total. The molecular weight excluding hydrogens is 348 g/mol. The van der Waals surface area contributed by atoms with Crippen molar-refractivity contribution in [3.05, 3.63) is 0 Å². The van der Waals surface area contributed by atoms with Gasteiger partial charge in [-0.15, -0.1) is 23.2 Å². The summed E-state index contributed by atoms with van der Waals surface area (Å²) in [4.78, 5) is 0. The predicted molar refractivity (Wildman–Crippen MR) is 75.5 cm³/mol. The highest BCUT2D eigenvalue weighted by atomic mass is 35.5. The van der Waals surface area contributed by atoms with Crippen molar-refractivity contribution in [2.24, 2.45) is 0 Å². The highest BCUT2D eigenvalue weighted by Crippen LogP contribution is 2.34. The van der Waals surface area contributed by atoms with E-state index in [2.05, 4.69) is 0 Å². The zero-order chi connectivity index (χ0) is 16.0. The average molecular weight is 367 g/mol. The maximum Gasteiger partial charge on any atom is 0.618 e. The van der Waals surface area contributed by atoms with Gasteiger partial charge in [-0.05, 0) is 4.57 Å². The van der Waals surface area contributed by atoms with Gasteiger partial charge in [-0.1, -0.05) is 9.19 Å². The minimum absolute atomic E-state index is 0.204. The molecule has 1 aliphatic rings. The molecule has 0 saturated carbocycles. The first-order valence-corrected chi connectivity index (χ1v) is 8.47. The Balaban J connectivity index is 2.68. The SMILES string of the molecule is O=[P+](O[C@H]1O[C@H](CO)[C@@H](O)[C@H](O)[C@H]1O)N(CCCl)CCCl. The summed E-state index contributed by atoms with van der Waals surface area (Å²) in [6, 6.07) is 0. The van der Waals surface area contributed by atoms with Crippen molar-refractivity contribution >= 4 is 31.4 Å². The molecule has 0 aliphatic carbocycles. The molecule has 0 spiro atoms. The van der Waals surface area contributed by atoms with Crippen molar-refractivity contribution in [1.29, 1.82) is 0 Å². The van der Waals surface area contributed by atoms with Crippen LogP contribution in [0.5, 0.6) is 0 Å². The van der Waals surface area contributed by atoms with Crippen LogP contribution >= 0.6 is 31.4 Å². The molecule has 0 aromatic carbocycles. The molecule has 1 rings (SSSR count). The number of halogens is 2. The van der Waals surface area contributed by atoms with Gasteiger partial charge in [0.25, 0.3) is 0 Å². The Hall–Kier alpha value is 0.400. The fraction of sp³-hybridized carbons (Fsp3) is 1.00. The van der Waals surface area contributed by atoms with Crippen LogP contribution in [0.2, 0.25) is 0 Å². The Morgan fingerprint density at radius 3 is 2.14 bits per heavy atom. The number of aliphatic hydroxyl groups is 4. The molecule has 1 fully saturated rings. The quantitative estimate of drug-likeness (QED) is 0.327. The molecule has 11 heteroatoms. The monoisotopic (exact) mass is 366 g/mol. The van der Waals surface area contributed by atoms with Gasteiger partial charge in [0.15, 0.2) is 0 Å². The summed E-state index contributed by atoms with van der Waals surface area (Å²) >= 11 is 11.2. The zero-order valence-electron chi connectivity index (χ0n) is 11.1. The van der Waals surface area contributed by atoms with Crippen LogP contribution in [0.4, 0.5) is 0 Å². The van der Waals surface area contributed by atoms with Crippen LogP contribution in [-0.4, -0.2) is 87.3 Å². The van der Waals surface area contributed by atoms with Crippen molar-refractivity contribution in [1.82, 2.24) is 4.67 Å². The third-order valence-corrected chi connectivity index (χ3v) is 4.55. The topological polar surface area (TPSA) is 120 Å². The lowest BCUT2D eigenvalue weighted by atomic mass is 10.00. The number of alkyl halides is 2. The lowest BCUT2D eigenvalue weighted by Gasteiger charge is -2.37. The lowest BCUT2D eigenvalue weighted by molar-refractivity contribution is -0.277. The van der Waals surface area contributed by atoms with E-state index in [1.54, 1.807) is 0 Å². The molecule has 0 radical (unpaired) electrons. The molecule has 21 heavy (non-hydrogen) atoms. The number of hydrogen-bond acceptors (Lipinski definition) is 7. The first-order chi connectivity index (χ1) is 9.96. The maximum atomic E-state index is 12.1. The largest absolute Gasteiger partial charge is 0.618 e. The number of aliphatic hydroxyl groups excluding tert-OH is 4. The summed E-state index contributed by atoms with van der Waals surface area (Å²) in [5, 5.41) is 38.0. The molecule has 1 heterocycles. The van der Waals surface area contributed by atoms with Gasteiger partial charge in [0.05, 0.1) is 19.7 Å². The summed E-state index contributed by atoms with van der Waals surface area (Å²) in [5.74, 6) is 0.409. The summed E-state index contributed by atoms with van der Waals surface area (Å²) in [7, 11) is -2.41. The summed E-state index contributed by atoms with van der Waals surface area (Å²) < 4.78 is 23.6. The Bertz CT molecular complexity index is 333. The van der Waals surface area contributed by atoms with Crippen LogP contribution < -0.4 is 0 Å². The molecule has 1 unspecified atom stereocenters. The number of rotatable bonds is 8. The minimum Gasteiger partial charge on any atom is -0.394 e. The van der Waals surface area contributed by atoms with E-state index >= 15 is 0 Å². The highest BCUT2D eigenvalue weighted by molar-refractivity contribution is 7.36. The number of hydrogen-bond donors (Lipinski definition) is 4. The molecule has 6 atom stereocenters. The van der Waals surface area contributed by atoms with Gasteiger partial charge in [0.2, 0.25) is 6.29 Å². The van der Waals surface area contributed by atoms with Crippen molar-refractivity contribution in [3.8, 4) is 0 Å². The minimum atomic E-state index is -2.41. The standard InChI is InChI=1S/C10H19Cl2NO7P/c11-1-3-13(4-2-12)21(18)20-10-9(17)8(16)7(15)6(5-14)19-10/h6-10,14-17H,1-5H2/q+1/t6-,7-,8+,9-,10-/m1/s1. The van der Waals surface area contributed by atoms with E-state index in [0.29, 0.717) is 0 Å². The van der Waals surface area contributed by atoms with Gasteiger partial charge in [-0.25, -0.2) is 0 Å². The van der Waals surface area contributed by atoms with Crippen molar-refractivity contribution < 1.29 is 34.3 Å². The first-order valence-electron chi connectivity index (χ1n) is 6.27. The second-order valence-corrected chi connectivity index (χ2v) is 6.38. The molecule has 0 bridgehead atoms. The maximum absolute atomic E-state index is 12.1. The Labute approximate surface area is 133 Å². The number of nitrogens with zero attached hydrogens (tertiary/aromatic N) is 1. The summed E-state index contributed by atoms with van der Waals surface area (Å²) in [5.41, 5.74) is 0. The molecule has 0 aromatic heterocycles. The van der Waals surface area contributed by atoms with E-state index in [9.17, 15) is 19.9 Å². The molecule has 0 aromatic rings. The molecule has 4 N–H and O–H groups in total. The Morgan fingerprint density at radius 1 is 1.10 bits per heavy atom. The fourth-order valence-corrected chi connectivity index (χ4v) is 3.44. The smallest absolute Gasteiger partial charge is 0.394 e. The van der Waals surface area contributed by atoms with Gasteiger partial charge in [0, 0.05) is 11.8 Å². The van der Waals surface area contributed by atoms with E-state index in [0.717, 1.165) is 0 Å². The van der Waals surface area contributed by atoms with Crippen LogP contribution in [-0.2, 0) is 13.8 Å². The van der Waals surface area contributed by atoms with Gasteiger partial charge in [0.1, 0.15) is 24.4 Å². The predicted octanol–water partition coefficient (Wildman–Crippen LogP) is -0.760. The lowest BCUT2D eigenvalue weighted by Crippen LogP contribution is -2.58. The highest BCUT2D eigenvalue weighted by Gasteiger charge is 2.48. The number of ether oxygens (including phenoxy) is 1. The van der Waals surface area contributed by atoms with E-state index < -0.39 is 45.5 Å². The van der Waals surface area contributed by atoms with Crippen molar-refractivity contribution in [2.45, 2.75) is 30.7 Å². The molecule has 0 amide bonds. The third kappa shape index (κ3) is 5.21. The van der Waals surface area contributed by atoms with Gasteiger partial charge < -0.3 is 25.2 Å². The van der Waals surface area contributed by atoms with E-state index in [1.807, 2.05) is 0 Å². The van der Waals surface area contributed by atoms with Gasteiger partial charge in [-0.2, -0.15) is 0 Å². The van der Waals surface area contributed by atoms with Crippen LogP contribution in [0.3, 0.4) is 0 Å². The fourth-order valence-electron chi connectivity index (χ4n) is 1.78. The van der Waals surface area contributed by atoms with Gasteiger partial charge in [-0.3, -0.25) is 0 Å². The van der Waals surface area contributed by atoms with Crippen molar-refractivity contribution in [3.63, 3.8) is 0 Å². The third-order valence-electron chi connectivity index (χ3n) is 2.96. The van der Waals surface area contributed by atoms with Gasteiger partial charge >= 0.3 is 8.18 Å². The van der Waals surface area contributed by atoms with E-state index in [4.69, 9.17) is 37.6 Å². The first kappa shape index (κ1) is 19.4. The Morgan fingerprint density at radius 2 is 1.67 bits per heavy atom.